The lowest BCUT2D eigenvalue weighted by molar-refractivity contribution is 0.269. The minimum atomic E-state index is 0.330. The summed E-state index contributed by atoms with van der Waals surface area (Å²) in [5.41, 5.74) is 0.834. The molecule has 0 amide bonds. The Bertz CT molecular complexity index is 154. The Hall–Kier alpha value is -0.805. The van der Waals surface area contributed by atoms with E-state index in [1.54, 1.807) is 12.3 Å². The van der Waals surface area contributed by atoms with Gasteiger partial charge in [-0.15, -0.1) is 0 Å². The van der Waals surface area contributed by atoms with E-state index in [1.807, 2.05) is 0 Å². The zero-order valence-corrected chi connectivity index (χ0v) is 4.74. The van der Waals surface area contributed by atoms with E-state index in [1.165, 1.54) is 0 Å². The maximum Gasteiger partial charge on any atom is 0.485 e. The van der Waals surface area contributed by atoms with E-state index < -0.39 is 0 Å². The molecular formula is C4H6BN2O2. The second kappa shape index (κ2) is 3.27. The van der Waals surface area contributed by atoms with Crippen LogP contribution in [0.4, 0.5) is 0 Å². The first-order chi connectivity index (χ1) is 4.43. The second-order valence-corrected chi connectivity index (χ2v) is 1.50. The molecular weight excluding hydrogens is 119 g/mol. The summed E-state index contributed by atoms with van der Waals surface area (Å²) in [5.74, 6) is 0. The van der Waals surface area contributed by atoms with Gasteiger partial charge in [0.05, 0.1) is 12.3 Å². The lowest BCUT2D eigenvalue weighted by Crippen LogP contribution is -1.97. The Morgan fingerprint density at radius 3 is 3.33 bits per heavy atom. The van der Waals surface area contributed by atoms with Crippen LogP contribution in [0.5, 0.6) is 0 Å². The van der Waals surface area contributed by atoms with Crippen LogP contribution in [0.15, 0.2) is 12.3 Å². The average molecular weight is 125 g/mol. The SMILES string of the molecule is O[B]O[12CH2]c1ccn[nH]1. The highest BCUT2D eigenvalue weighted by molar-refractivity contribution is 6.15. The average Bonchev–Trinajstić information content (AvgIpc) is 2.34. The summed E-state index contributed by atoms with van der Waals surface area (Å²) in [6, 6.07) is 1.77. The Kier molecular flexibility index (Phi) is 2.29. The summed E-state index contributed by atoms with van der Waals surface area (Å²) in [6.45, 7) is 0.330. The van der Waals surface area contributed by atoms with Crippen LogP contribution in [0.25, 0.3) is 0 Å². The number of hydrogen-bond acceptors (Lipinski definition) is 3. The minimum absolute atomic E-state index is 0.330. The van der Waals surface area contributed by atoms with Crippen molar-refractivity contribution in [3.05, 3.63) is 18.0 Å². The molecule has 0 fully saturated rings. The summed E-state index contributed by atoms with van der Waals surface area (Å²) in [5, 5.41) is 14.4. The third kappa shape index (κ3) is 1.87. The third-order valence-corrected chi connectivity index (χ3v) is 0.872. The molecule has 2 N–H and O–H groups in total. The van der Waals surface area contributed by atoms with Gasteiger partial charge < -0.3 is 9.68 Å². The fraction of sp³-hybridized carbons (Fsp3) is 0.250. The Morgan fingerprint density at radius 1 is 1.89 bits per heavy atom. The summed E-state index contributed by atoms with van der Waals surface area (Å²) in [7, 11) is 0.654. The molecule has 1 radical (unpaired) electrons. The molecule has 0 spiro atoms. The molecule has 0 atom stereocenters. The number of nitrogens with one attached hydrogen (secondary N) is 1. The molecule has 0 aliphatic rings. The number of H-pyrrole nitrogens is 1. The topological polar surface area (TPSA) is 58.1 Å². The van der Waals surface area contributed by atoms with Crippen molar-refractivity contribution in [1.29, 1.82) is 0 Å². The first-order valence-corrected chi connectivity index (χ1v) is 2.49. The number of rotatable bonds is 3. The van der Waals surface area contributed by atoms with E-state index in [2.05, 4.69) is 14.9 Å². The van der Waals surface area contributed by atoms with E-state index in [0.717, 1.165) is 5.69 Å². The number of hydrogen-bond donors (Lipinski definition) is 2. The van der Waals surface area contributed by atoms with E-state index in [0.29, 0.717) is 14.3 Å². The molecule has 0 unspecified atom stereocenters. The molecule has 0 saturated carbocycles. The van der Waals surface area contributed by atoms with Gasteiger partial charge in [0, 0.05) is 6.20 Å². The summed E-state index contributed by atoms with van der Waals surface area (Å²) >= 11 is 0. The van der Waals surface area contributed by atoms with Crippen LogP contribution >= 0.6 is 0 Å². The van der Waals surface area contributed by atoms with Crippen LogP contribution < -0.4 is 0 Å². The van der Waals surface area contributed by atoms with Gasteiger partial charge in [-0.1, -0.05) is 0 Å². The Labute approximate surface area is 53.2 Å². The van der Waals surface area contributed by atoms with E-state index in [-0.39, 0.29) is 0 Å². The van der Waals surface area contributed by atoms with Crippen LogP contribution in [0.1, 0.15) is 5.69 Å². The van der Waals surface area contributed by atoms with Crippen molar-refractivity contribution < 1.29 is 9.68 Å². The number of aromatic nitrogens is 2. The van der Waals surface area contributed by atoms with Crippen LogP contribution in [0.2, 0.25) is 0 Å². The fourth-order valence-electron chi connectivity index (χ4n) is 0.492. The van der Waals surface area contributed by atoms with E-state index in [9.17, 15) is 0 Å². The highest BCUT2D eigenvalue weighted by Crippen LogP contribution is 1.91. The van der Waals surface area contributed by atoms with Gasteiger partial charge >= 0.3 is 7.69 Å². The molecule has 1 aromatic rings. The van der Waals surface area contributed by atoms with Gasteiger partial charge in [0.15, 0.2) is 0 Å². The lowest BCUT2D eigenvalue weighted by Gasteiger charge is -1.92. The van der Waals surface area contributed by atoms with Crippen LogP contribution in [-0.4, -0.2) is 22.9 Å². The van der Waals surface area contributed by atoms with Gasteiger partial charge in [-0.05, 0) is 6.07 Å². The molecule has 5 heteroatoms. The fourth-order valence-corrected chi connectivity index (χ4v) is 0.492. The predicted octanol–water partition coefficient (Wildman–Crippen LogP) is -0.547. The molecule has 0 aliphatic heterocycles. The van der Waals surface area contributed by atoms with Crippen molar-refractivity contribution in [3.8, 4) is 0 Å². The molecule has 0 aromatic carbocycles. The third-order valence-electron chi connectivity index (χ3n) is 0.872. The van der Waals surface area contributed by atoms with Crippen LogP contribution in [0, 0.1) is 0 Å². The molecule has 47 valence electrons. The maximum absolute atomic E-state index is 8.08. The molecule has 4 nitrogen and oxygen atoms in total. The summed E-state index contributed by atoms with van der Waals surface area (Å²) in [4.78, 5) is 0. The van der Waals surface area contributed by atoms with Crippen molar-refractivity contribution in [3.63, 3.8) is 0 Å². The summed E-state index contributed by atoms with van der Waals surface area (Å²) < 4.78 is 4.54. The van der Waals surface area contributed by atoms with Gasteiger partial charge in [-0.3, -0.25) is 5.10 Å². The zero-order chi connectivity index (χ0) is 6.53. The van der Waals surface area contributed by atoms with Gasteiger partial charge in [0.2, 0.25) is 0 Å². The lowest BCUT2D eigenvalue weighted by atomic mass is 10.4. The monoisotopic (exact) mass is 125 g/mol. The largest absolute Gasteiger partial charge is 0.485 e. The quantitative estimate of drug-likeness (QED) is 0.533. The van der Waals surface area contributed by atoms with Crippen molar-refractivity contribution in [2.24, 2.45) is 0 Å². The minimum Gasteiger partial charge on any atom is -0.429 e. The predicted molar refractivity (Wildman–Crippen MR) is 31.3 cm³/mol. The second-order valence-electron chi connectivity index (χ2n) is 1.50. The highest BCUT2D eigenvalue weighted by Gasteiger charge is 1.91. The number of aromatic amines is 1. The van der Waals surface area contributed by atoms with Crippen molar-refractivity contribution in [2.75, 3.05) is 0 Å². The van der Waals surface area contributed by atoms with Gasteiger partial charge in [-0.2, -0.15) is 5.10 Å². The smallest absolute Gasteiger partial charge is 0.429 e. The molecule has 9 heavy (non-hydrogen) atoms. The zero-order valence-electron chi connectivity index (χ0n) is 4.74. The standard InChI is InChI=1S/C4H6BN2O2/c8-5-9-3-4-1-2-6-7-4/h1-2,8H,3H2,(H,6,7)/i3+0. The Morgan fingerprint density at radius 2 is 2.78 bits per heavy atom. The first kappa shape index (κ1) is 6.32. The van der Waals surface area contributed by atoms with E-state index in [4.69, 9.17) is 5.02 Å². The molecule has 1 heterocycles. The molecule has 0 aliphatic carbocycles. The molecule has 1 aromatic heterocycles. The molecule has 0 saturated heterocycles. The van der Waals surface area contributed by atoms with Crippen LogP contribution in [-0.2, 0) is 11.3 Å². The van der Waals surface area contributed by atoms with Gasteiger partial charge in [-0.25, -0.2) is 0 Å². The summed E-state index contributed by atoms with van der Waals surface area (Å²) in [6.07, 6.45) is 1.62. The molecule has 0 bridgehead atoms. The van der Waals surface area contributed by atoms with Crippen molar-refractivity contribution >= 4 is 7.69 Å². The van der Waals surface area contributed by atoms with Crippen LogP contribution in [0.3, 0.4) is 0 Å². The van der Waals surface area contributed by atoms with Gasteiger partial charge in [0.25, 0.3) is 0 Å². The highest BCUT2D eigenvalue weighted by atomic mass is 16.5. The van der Waals surface area contributed by atoms with E-state index >= 15 is 0 Å². The van der Waals surface area contributed by atoms with Gasteiger partial charge in [0.1, 0.15) is 0 Å². The Balaban J connectivity index is 2.30. The number of nitrogens with zero attached hydrogens (tertiary/aromatic N) is 1. The van der Waals surface area contributed by atoms with Crippen molar-refractivity contribution in [1.82, 2.24) is 10.2 Å². The normalized spacial score (nSPS) is 9.44. The van der Waals surface area contributed by atoms with Crippen molar-refractivity contribution in [2.45, 2.75) is 6.61 Å². The molecule has 1 rings (SSSR count). The first-order valence-electron chi connectivity index (χ1n) is 2.49. The maximum atomic E-state index is 8.08.